The van der Waals surface area contributed by atoms with Crippen LogP contribution in [0.3, 0.4) is 0 Å². The third-order valence-electron chi connectivity index (χ3n) is 10.2. The monoisotopic (exact) mass is 1320 g/mol. The van der Waals surface area contributed by atoms with Crippen LogP contribution in [-0.4, -0.2) is 140 Å². The van der Waals surface area contributed by atoms with Gasteiger partial charge in [-0.05, 0) is 167 Å². The average molecular weight is 1320 g/mol. The number of nitrogens with two attached hydrogens (primary N) is 4. The van der Waals surface area contributed by atoms with E-state index in [1.54, 1.807) is 71.8 Å². The van der Waals surface area contributed by atoms with E-state index < -0.39 is 39.9 Å². The van der Waals surface area contributed by atoms with Crippen LogP contribution in [0.15, 0.2) is 61.4 Å². The van der Waals surface area contributed by atoms with Crippen molar-refractivity contribution >= 4 is 41.7 Å². The van der Waals surface area contributed by atoms with Crippen molar-refractivity contribution in [1.29, 1.82) is 0 Å². The lowest BCUT2D eigenvalue weighted by atomic mass is 10.2. The number of amides is 1. The highest BCUT2D eigenvalue weighted by Gasteiger charge is 2.23. The fourth-order valence-corrected chi connectivity index (χ4v) is 7.13. The maximum atomic E-state index is 12.1. The second-order valence-electron chi connectivity index (χ2n) is 24.5. The number of esters is 6. The van der Waals surface area contributed by atoms with E-state index >= 15 is 0 Å². The number of carbonyl (C=O) groups is 7. The number of hydrogen-bond acceptors (Lipinski definition) is 24. The van der Waals surface area contributed by atoms with E-state index in [-0.39, 0.29) is 82.5 Å². The number of benzene rings is 1. The number of ether oxygens (including phenoxy) is 7. The van der Waals surface area contributed by atoms with E-state index in [4.69, 9.17) is 44.8 Å². The van der Waals surface area contributed by atoms with E-state index in [1.807, 2.05) is 130 Å². The van der Waals surface area contributed by atoms with Crippen molar-refractivity contribution in [2.45, 2.75) is 226 Å². The van der Waals surface area contributed by atoms with Gasteiger partial charge in [0.1, 0.15) is 57.2 Å². The highest BCUT2D eigenvalue weighted by molar-refractivity contribution is 5.92. The number of nitrogens with zero attached hydrogens (tertiary/aromatic N) is 9. The van der Waals surface area contributed by atoms with E-state index in [0.717, 1.165) is 28.8 Å². The van der Waals surface area contributed by atoms with Gasteiger partial charge in [-0.1, -0.05) is 33.6 Å². The normalized spacial score (nSPS) is 10.7. The molecule has 4 aromatic heterocycles. The lowest BCUT2D eigenvalue weighted by Crippen LogP contribution is -2.32. The van der Waals surface area contributed by atoms with E-state index in [1.165, 1.54) is 9.36 Å². The summed E-state index contributed by atoms with van der Waals surface area (Å²) in [6.07, 6.45) is 3.70. The summed E-state index contributed by atoms with van der Waals surface area (Å²) in [4.78, 5) is 80.0. The van der Waals surface area contributed by atoms with Crippen LogP contribution in [0.2, 0.25) is 0 Å². The summed E-state index contributed by atoms with van der Waals surface area (Å²) in [5.41, 5.74) is 6.93. The minimum Gasteiger partial charge on any atom is -0.497 e. The quantitative estimate of drug-likeness (QED) is 0.0116. The van der Waals surface area contributed by atoms with Gasteiger partial charge in [-0.2, -0.15) is 15.3 Å². The van der Waals surface area contributed by atoms with Crippen molar-refractivity contribution in [2.75, 3.05) is 20.3 Å². The summed E-state index contributed by atoms with van der Waals surface area (Å²) in [5.74, 6) is 17.2. The molecule has 0 bridgehead atoms. The molecule has 0 fully saturated rings. The SMILES string of the molecule is C.C.C=CC(=O)OC(C)(C)C.CC(C)(C)OC(=O)CCNN.CCOC(=O)c1cc(C)nn1CCC(=O)OC(C)(C)C.COc1ccc(Cn2cnnc2-c2cc(C)nn2CCC(=O)OC(C)(C)C)cc1.Cc1cc(C(=O)NN)n(CCC(=O)OC(C)(C)C)n1.NN.O. The molecule has 0 spiro atoms. The number of methoxy groups -OCH3 is 1. The Balaban J connectivity index is -0.000000553. The minimum absolute atomic E-state index is 0. The van der Waals surface area contributed by atoms with E-state index in [0.29, 0.717) is 61.3 Å². The standard InChI is InChI=1S/C21H27N5O3.C14H22N2O4.C12H20N4O3.C7H16N2O2.C7H12O2.2CH4.H4N2.H2O/c1-15-12-18(26(24-15)11-10-19(27)29-21(2,3)4)20-23-22-14-25(20)13-16-6-8-17(28-5)9-7-16;1-6-19-13(18)11-9-10(2)15-16(11)8-7-12(17)20-14(3,4)5;1-8-7-9(11(18)14-13)16(15-8)6-5-10(17)19-12(2,3)4;1-7(2,3)11-6(10)4-5-9-8;1-5-6(8)9-7(2,3)4;;;1-2;/h6-9,12,14H,10-11,13H2,1-5H3;9H,6-8H2,1-5H3;7H,5-6,13H2,1-4H3,(H,14,18);9H,4-5,8H2,1-3H3;5H,1H2,2-4H3;2*1H4;1-2H2;1H2. The maximum absolute atomic E-state index is 12.1. The molecule has 5 aromatic rings. The van der Waals surface area contributed by atoms with Crippen molar-refractivity contribution in [3.8, 4) is 17.3 Å². The van der Waals surface area contributed by atoms with Crippen molar-refractivity contribution in [3.63, 3.8) is 0 Å². The highest BCUT2D eigenvalue weighted by atomic mass is 16.6. The largest absolute Gasteiger partial charge is 0.497 e. The molecule has 4 heterocycles. The van der Waals surface area contributed by atoms with Crippen molar-refractivity contribution in [2.24, 2.45) is 23.4 Å². The Bertz CT molecular complexity index is 3020. The molecule has 0 aliphatic rings. The molecule has 0 radical (unpaired) electrons. The van der Waals surface area contributed by atoms with Crippen LogP contribution in [0.1, 0.15) is 195 Å². The molecule has 528 valence electrons. The molecule has 1 aromatic carbocycles. The van der Waals surface area contributed by atoms with Gasteiger partial charge in [-0.25, -0.2) is 15.4 Å². The highest BCUT2D eigenvalue weighted by Crippen LogP contribution is 2.22. The minimum atomic E-state index is -0.519. The molecular formula is C63H111N15O15. The van der Waals surface area contributed by atoms with Crippen LogP contribution in [0.25, 0.3) is 11.5 Å². The fourth-order valence-electron chi connectivity index (χ4n) is 7.13. The van der Waals surface area contributed by atoms with Crippen molar-refractivity contribution < 1.29 is 72.2 Å². The first kappa shape index (κ1) is 91.0. The van der Waals surface area contributed by atoms with Crippen LogP contribution in [0.4, 0.5) is 0 Å². The van der Waals surface area contributed by atoms with Crippen LogP contribution < -0.4 is 39.0 Å². The number of rotatable bonds is 20. The summed E-state index contributed by atoms with van der Waals surface area (Å²) in [7, 11) is 1.65. The number of nitrogen functional groups attached to an aromatic ring is 1. The third kappa shape index (κ3) is 40.9. The Morgan fingerprint density at radius 1 is 0.581 bits per heavy atom. The predicted octanol–water partition coefficient (Wildman–Crippen LogP) is 6.83. The first-order chi connectivity index (χ1) is 41.6. The Hall–Kier alpha value is -8.42. The van der Waals surface area contributed by atoms with Crippen molar-refractivity contribution in [3.05, 3.63) is 95.5 Å². The molecule has 93 heavy (non-hydrogen) atoms. The number of hydrogen-bond donors (Lipinski definition) is 6. The maximum Gasteiger partial charge on any atom is 0.356 e. The molecule has 0 atom stereocenters. The molecule has 5 rings (SSSR count). The predicted molar refractivity (Wildman–Crippen MR) is 355 cm³/mol. The lowest BCUT2D eigenvalue weighted by Gasteiger charge is -2.19. The summed E-state index contributed by atoms with van der Waals surface area (Å²) >= 11 is 0. The Morgan fingerprint density at radius 3 is 1.34 bits per heavy atom. The second-order valence-corrected chi connectivity index (χ2v) is 24.5. The van der Waals surface area contributed by atoms with Gasteiger partial charge in [-0.15, -0.1) is 10.2 Å². The number of aryl methyl sites for hydroxylation is 6. The topological polar surface area (TPSA) is 428 Å². The number of hydrazine groups is 3. The van der Waals surface area contributed by atoms with Crippen LogP contribution in [-0.2, 0) is 78.6 Å². The second kappa shape index (κ2) is 43.4. The molecule has 1 amide bonds. The van der Waals surface area contributed by atoms with Gasteiger partial charge in [0.15, 0.2) is 5.82 Å². The summed E-state index contributed by atoms with van der Waals surface area (Å²) in [6, 6.07) is 13.1. The Labute approximate surface area is 549 Å². The molecule has 0 aliphatic heterocycles. The molecular weight excluding hydrogens is 1210 g/mol. The zero-order valence-electron chi connectivity index (χ0n) is 57.0. The lowest BCUT2D eigenvalue weighted by molar-refractivity contribution is -0.156. The molecule has 12 N–H and O–H groups in total. The summed E-state index contributed by atoms with van der Waals surface area (Å²) in [6.45, 7) is 40.2. The smallest absolute Gasteiger partial charge is 0.356 e. The van der Waals surface area contributed by atoms with Gasteiger partial charge < -0.3 is 43.2 Å². The Morgan fingerprint density at radius 2 is 0.968 bits per heavy atom. The third-order valence-corrected chi connectivity index (χ3v) is 10.2. The summed E-state index contributed by atoms with van der Waals surface area (Å²) < 4.78 is 42.5. The number of aromatic nitrogens is 9. The first-order valence-corrected chi connectivity index (χ1v) is 28.9. The van der Waals surface area contributed by atoms with E-state index in [9.17, 15) is 33.6 Å². The zero-order chi connectivity index (χ0) is 69.4. The van der Waals surface area contributed by atoms with Crippen LogP contribution in [0, 0.1) is 20.8 Å². The number of carbonyl (C=O) groups excluding carboxylic acids is 7. The van der Waals surface area contributed by atoms with Gasteiger partial charge in [0, 0.05) is 12.6 Å². The zero-order valence-corrected chi connectivity index (χ0v) is 57.0. The number of nitrogens with one attached hydrogen (secondary N) is 2. The van der Waals surface area contributed by atoms with Gasteiger partial charge in [0.25, 0.3) is 5.91 Å². The molecule has 0 aliphatic carbocycles. The van der Waals surface area contributed by atoms with Gasteiger partial charge in [0.2, 0.25) is 0 Å². The fraction of sp³-hybridized carbons (Fsp3) is 0.587. The molecule has 0 saturated carbocycles. The van der Waals surface area contributed by atoms with Crippen molar-refractivity contribution in [1.82, 2.24) is 55.0 Å². The molecule has 30 nitrogen and oxygen atoms in total. The van der Waals surface area contributed by atoms with E-state index in [2.05, 4.69) is 49.2 Å². The van der Waals surface area contributed by atoms with Crippen LogP contribution >= 0.6 is 0 Å². The Kier molecular flexibility index (Phi) is 42.5. The summed E-state index contributed by atoms with van der Waals surface area (Å²) in [5, 5.41) is 21.2. The first-order valence-electron chi connectivity index (χ1n) is 28.9. The van der Waals surface area contributed by atoms with Gasteiger partial charge in [-0.3, -0.25) is 66.4 Å². The van der Waals surface area contributed by atoms with Gasteiger partial charge >= 0.3 is 35.8 Å². The van der Waals surface area contributed by atoms with Gasteiger partial charge in [0.05, 0.1) is 82.7 Å². The average Bonchev–Trinajstić information content (AvgIpc) is 1.69. The molecule has 30 heteroatoms. The molecule has 0 unspecified atom stereocenters. The molecule has 0 saturated heterocycles. The van der Waals surface area contributed by atoms with Crippen LogP contribution in [0.5, 0.6) is 5.75 Å².